The second kappa shape index (κ2) is 8.22. The molecule has 0 saturated heterocycles. The van der Waals surface area contributed by atoms with Crippen molar-refractivity contribution < 1.29 is 14.3 Å². The number of hydrogen-bond donors (Lipinski definition) is 1. The number of carbonyl (C=O) groups is 1. The molecule has 0 bridgehead atoms. The Kier molecular flexibility index (Phi) is 6.30. The highest BCUT2D eigenvalue weighted by Gasteiger charge is 2.18. The van der Waals surface area contributed by atoms with Gasteiger partial charge >= 0.3 is 0 Å². The quantitative estimate of drug-likeness (QED) is 0.752. The van der Waals surface area contributed by atoms with E-state index in [0.29, 0.717) is 22.9 Å². The number of halogens is 2. The standard InChI is InChI=1S/C17H17BrClNO3/c1-3-16(23-13-7-5-12(22-2)6-8-13)17(21)20-11-4-9-14(18)15(19)10-11/h4-10,16H,3H2,1-2H3,(H,20,21)/t16-/m1/s1. The minimum atomic E-state index is -0.592. The molecule has 0 aliphatic heterocycles. The minimum Gasteiger partial charge on any atom is -0.497 e. The smallest absolute Gasteiger partial charge is 0.265 e. The first-order valence-electron chi connectivity index (χ1n) is 7.10. The van der Waals surface area contributed by atoms with Gasteiger partial charge in [0.15, 0.2) is 6.10 Å². The van der Waals surface area contributed by atoms with Gasteiger partial charge in [-0.1, -0.05) is 18.5 Å². The van der Waals surface area contributed by atoms with E-state index in [9.17, 15) is 4.79 Å². The van der Waals surface area contributed by atoms with Crippen LogP contribution in [0.4, 0.5) is 5.69 Å². The van der Waals surface area contributed by atoms with Crippen LogP contribution in [0.2, 0.25) is 5.02 Å². The number of benzene rings is 2. The molecule has 23 heavy (non-hydrogen) atoms. The highest BCUT2D eigenvalue weighted by Crippen LogP contribution is 2.26. The third-order valence-electron chi connectivity index (χ3n) is 3.19. The average Bonchev–Trinajstić information content (AvgIpc) is 2.56. The van der Waals surface area contributed by atoms with E-state index < -0.39 is 6.10 Å². The van der Waals surface area contributed by atoms with Gasteiger partial charge < -0.3 is 14.8 Å². The Morgan fingerprint density at radius 3 is 2.43 bits per heavy atom. The van der Waals surface area contributed by atoms with E-state index in [-0.39, 0.29) is 5.91 Å². The summed E-state index contributed by atoms with van der Waals surface area (Å²) in [5.74, 6) is 1.13. The summed E-state index contributed by atoms with van der Waals surface area (Å²) >= 11 is 9.34. The molecule has 2 aromatic rings. The van der Waals surface area contributed by atoms with Crippen molar-refractivity contribution in [1.82, 2.24) is 0 Å². The lowest BCUT2D eigenvalue weighted by Gasteiger charge is -2.17. The van der Waals surface area contributed by atoms with E-state index in [1.54, 1.807) is 49.6 Å². The van der Waals surface area contributed by atoms with Crippen molar-refractivity contribution in [2.45, 2.75) is 19.4 Å². The topological polar surface area (TPSA) is 47.6 Å². The van der Waals surface area contributed by atoms with Crippen LogP contribution in [0.5, 0.6) is 11.5 Å². The normalized spacial score (nSPS) is 11.7. The maximum atomic E-state index is 12.4. The Bertz CT molecular complexity index is 676. The monoisotopic (exact) mass is 397 g/mol. The zero-order valence-corrected chi connectivity index (χ0v) is 15.1. The largest absolute Gasteiger partial charge is 0.497 e. The van der Waals surface area contributed by atoms with Crippen LogP contribution in [-0.4, -0.2) is 19.1 Å². The van der Waals surface area contributed by atoms with Crippen LogP contribution >= 0.6 is 27.5 Å². The van der Waals surface area contributed by atoms with Crippen LogP contribution in [0.3, 0.4) is 0 Å². The molecule has 2 aromatic carbocycles. The first-order valence-corrected chi connectivity index (χ1v) is 8.27. The van der Waals surface area contributed by atoms with E-state index >= 15 is 0 Å². The molecule has 4 nitrogen and oxygen atoms in total. The van der Waals surface area contributed by atoms with Crippen LogP contribution in [0.25, 0.3) is 0 Å². The molecule has 1 atom stereocenters. The molecule has 0 radical (unpaired) electrons. The zero-order valence-electron chi connectivity index (χ0n) is 12.8. The summed E-state index contributed by atoms with van der Waals surface area (Å²) < 4.78 is 11.6. The first kappa shape index (κ1) is 17.6. The van der Waals surface area contributed by atoms with Crippen molar-refractivity contribution in [3.63, 3.8) is 0 Å². The molecule has 1 amide bonds. The molecule has 0 aliphatic carbocycles. The zero-order chi connectivity index (χ0) is 16.8. The number of ether oxygens (including phenoxy) is 2. The van der Waals surface area contributed by atoms with Crippen LogP contribution in [0.1, 0.15) is 13.3 Å². The Morgan fingerprint density at radius 2 is 1.87 bits per heavy atom. The number of carbonyl (C=O) groups excluding carboxylic acids is 1. The number of nitrogens with one attached hydrogen (secondary N) is 1. The van der Waals surface area contributed by atoms with Gasteiger partial charge in [0.1, 0.15) is 11.5 Å². The molecule has 0 unspecified atom stereocenters. The van der Waals surface area contributed by atoms with E-state index in [1.807, 2.05) is 6.92 Å². The number of rotatable bonds is 6. The Labute approximate surface area is 148 Å². The molecule has 122 valence electrons. The van der Waals surface area contributed by atoms with Crippen LogP contribution in [0.15, 0.2) is 46.9 Å². The molecule has 2 rings (SSSR count). The van der Waals surface area contributed by atoms with Gasteiger partial charge in [-0.2, -0.15) is 0 Å². The van der Waals surface area contributed by atoms with Gasteiger partial charge in [-0.25, -0.2) is 0 Å². The number of anilines is 1. The number of methoxy groups -OCH3 is 1. The third-order valence-corrected chi connectivity index (χ3v) is 4.42. The highest BCUT2D eigenvalue weighted by atomic mass is 79.9. The molecule has 0 spiro atoms. The van der Waals surface area contributed by atoms with Gasteiger partial charge in [-0.3, -0.25) is 4.79 Å². The molecular formula is C17H17BrClNO3. The molecular weight excluding hydrogens is 382 g/mol. The Balaban J connectivity index is 2.03. The molecule has 0 aromatic heterocycles. The van der Waals surface area contributed by atoms with E-state index in [0.717, 1.165) is 10.2 Å². The van der Waals surface area contributed by atoms with E-state index in [2.05, 4.69) is 21.2 Å². The molecule has 6 heteroatoms. The van der Waals surface area contributed by atoms with Crippen molar-refractivity contribution in [3.05, 3.63) is 52.0 Å². The molecule has 0 aliphatic rings. The van der Waals surface area contributed by atoms with Crippen LogP contribution in [-0.2, 0) is 4.79 Å². The van der Waals surface area contributed by atoms with Crippen LogP contribution in [0, 0.1) is 0 Å². The fourth-order valence-corrected chi connectivity index (χ4v) is 2.36. The maximum absolute atomic E-state index is 12.4. The molecule has 0 fully saturated rings. The van der Waals surface area contributed by atoms with Crippen molar-refractivity contribution in [3.8, 4) is 11.5 Å². The summed E-state index contributed by atoms with van der Waals surface area (Å²) in [6.45, 7) is 1.89. The summed E-state index contributed by atoms with van der Waals surface area (Å²) in [4.78, 5) is 12.4. The second-order valence-electron chi connectivity index (χ2n) is 4.81. The lowest BCUT2D eigenvalue weighted by molar-refractivity contribution is -0.122. The Morgan fingerprint density at radius 1 is 1.22 bits per heavy atom. The van der Waals surface area contributed by atoms with Gasteiger partial charge in [0.05, 0.1) is 12.1 Å². The highest BCUT2D eigenvalue weighted by molar-refractivity contribution is 9.10. The van der Waals surface area contributed by atoms with E-state index in [1.165, 1.54) is 0 Å². The fraction of sp³-hybridized carbons (Fsp3) is 0.235. The van der Waals surface area contributed by atoms with Gasteiger partial charge in [-0.05, 0) is 64.8 Å². The summed E-state index contributed by atoms with van der Waals surface area (Å²) in [6.07, 6.45) is -0.0481. The predicted molar refractivity (Wildman–Crippen MR) is 95.5 cm³/mol. The lowest BCUT2D eigenvalue weighted by Crippen LogP contribution is -2.32. The lowest BCUT2D eigenvalue weighted by atomic mass is 10.2. The van der Waals surface area contributed by atoms with Crippen molar-refractivity contribution >= 4 is 39.1 Å². The van der Waals surface area contributed by atoms with Gasteiger partial charge in [0.25, 0.3) is 5.91 Å². The predicted octanol–water partition coefficient (Wildman–Crippen LogP) is 4.91. The number of hydrogen-bond acceptors (Lipinski definition) is 3. The molecule has 0 saturated carbocycles. The fourth-order valence-electron chi connectivity index (χ4n) is 1.94. The SMILES string of the molecule is CC[C@@H](Oc1ccc(OC)cc1)C(=O)Nc1ccc(Br)c(Cl)c1. The molecule has 0 heterocycles. The van der Waals surface area contributed by atoms with Crippen molar-refractivity contribution in [2.75, 3.05) is 12.4 Å². The van der Waals surface area contributed by atoms with Crippen molar-refractivity contribution in [2.24, 2.45) is 0 Å². The minimum absolute atomic E-state index is 0.221. The van der Waals surface area contributed by atoms with Gasteiger partial charge in [-0.15, -0.1) is 0 Å². The van der Waals surface area contributed by atoms with Gasteiger partial charge in [0, 0.05) is 10.2 Å². The summed E-state index contributed by atoms with van der Waals surface area (Å²) in [6, 6.07) is 12.3. The molecule has 1 N–H and O–H groups in total. The summed E-state index contributed by atoms with van der Waals surface area (Å²) in [5.41, 5.74) is 0.625. The summed E-state index contributed by atoms with van der Waals surface area (Å²) in [5, 5.41) is 3.34. The summed E-state index contributed by atoms with van der Waals surface area (Å²) in [7, 11) is 1.60. The second-order valence-corrected chi connectivity index (χ2v) is 6.07. The van der Waals surface area contributed by atoms with Crippen molar-refractivity contribution in [1.29, 1.82) is 0 Å². The van der Waals surface area contributed by atoms with Crippen LogP contribution < -0.4 is 14.8 Å². The number of amides is 1. The maximum Gasteiger partial charge on any atom is 0.265 e. The average molecular weight is 399 g/mol. The first-order chi connectivity index (χ1) is 11.0. The Hall–Kier alpha value is -1.72. The van der Waals surface area contributed by atoms with Gasteiger partial charge in [0.2, 0.25) is 0 Å². The third kappa shape index (κ3) is 4.88. The van der Waals surface area contributed by atoms with E-state index in [4.69, 9.17) is 21.1 Å².